The van der Waals surface area contributed by atoms with Crippen LogP contribution in [0.3, 0.4) is 0 Å². The summed E-state index contributed by atoms with van der Waals surface area (Å²) < 4.78 is 3.86. The number of hydrogen-bond donors (Lipinski definition) is 2. The van der Waals surface area contributed by atoms with Gasteiger partial charge in [0.2, 0.25) is 0 Å². The predicted molar refractivity (Wildman–Crippen MR) is 73.3 cm³/mol. The molecule has 0 aromatic carbocycles. The number of nitrogens with one attached hydrogen (secondary N) is 1. The number of allylic oxidation sites excluding steroid dienone is 1. The van der Waals surface area contributed by atoms with E-state index in [9.17, 15) is 9.59 Å². The molecule has 0 saturated carbocycles. The van der Waals surface area contributed by atoms with Gasteiger partial charge >= 0.3 is 0 Å². The van der Waals surface area contributed by atoms with Crippen molar-refractivity contribution in [1.29, 1.82) is 0 Å². The van der Waals surface area contributed by atoms with E-state index in [1.54, 1.807) is 0 Å². The Labute approximate surface area is 113 Å². The standard InChI is InChI=1S/C10H17NO2S.C2H4O2/c1-8(5-3-4-6-11-2)9(12)7-10(13)14;1-4-2-3/h4,6,8,11H,3,5,7H2,1-2H3,(H,13,14);2H,1H3/b6-4+;/t8-;/m1./s1. The molecule has 0 saturated heterocycles. The van der Waals surface area contributed by atoms with E-state index in [0.717, 1.165) is 12.8 Å². The van der Waals surface area contributed by atoms with Gasteiger partial charge in [-0.2, -0.15) is 0 Å². The Bertz CT molecular complexity index is 279. The first-order chi connectivity index (χ1) is 8.49. The summed E-state index contributed by atoms with van der Waals surface area (Å²) in [5, 5.41) is 2.52. The fraction of sp³-hybridized carbons (Fsp3) is 0.583. The predicted octanol–water partition coefficient (Wildman–Crippen LogP) is 1.34. The SMILES string of the molecule is CN/C=C/CC[C@@H](C)C(=O)CC(=O)S.COC=O. The van der Waals surface area contributed by atoms with Gasteiger partial charge < -0.3 is 10.1 Å². The number of ketones is 1. The van der Waals surface area contributed by atoms with E-state index in [-0.39, 0.29) is 23.2 Å². The highest BCUT2D eigenvalue weighted by molar-refractivity contribution is 7.96. The first kappa shape index (κ1) is 19.0. The van der Waals surface area contributed by atoms with E-state index in [0.29, 0.717) is 6.47 Å². The molecule has 5 nitrogen and oxygen atoms in total. The van der Waals surface area contributed by atoms with Crippen LogP contribution in [0.15, 0.2) is 12.3 Å². The van der Waals surface area contributed by atoms with E-state index >= 15 is 0 Å². The quantitative estimate of drug-likeness (QED) is 0.397. The van der Waals surface area contributed by atoms with Gasteiger partial charge in [0.25, 0.3) is 6.47 Å². The maximum atomic E-state index is 11.3. The second-order valence-corrected chi connectivity index (χ2v) is 4.04. The van der Waals surface area contributed by atoms with Crippen LogP contribution in [0.25, 0.3) is 0 Å². The molecule has 18 heavy (non-hydrogen) atoms. The number of ether oxygens (including phenoxy) is 1. The van der Waals surface area contributed by atoms with Crippen molar-refractivity contribution in [1.82, 2.24) is 5.32 Å². The number of Topliss-reactive ketones (excluding diaryl/α,β-unsaturated/α-hetero) is 1. The summed E-state index contributed by atoms with van der Waals surface area (Å²) in [4.78, 5) is 30.8. The lowest BCUT2D eigenvalue weighted by molar-refractivity contribution is -0.127. The molecule has 104 valence electrons. The Morgan fingerprint density at radius 3 is 2.39 bits per heavy atom. The van der Waals surface area contributed by atoms with Gasteiger partial charge in [0.05, 0.1) is 13.5 Å². The van der Waals surface area contributed by atoms with Gasteiger partial charge in [0.1, 0.15) is 5.78 Å². The highest BCUT2D eigenvalue weighted by Crippen LogP contribution is 2.10. The second-order valence-electron chi connectivity index (χ2n) is 3.54. The molecule has 0 spiro atoms. The zero-order chi connectivity index (χ0) is 14.4. The summed E-state index contributed by atoms with van der Waals surface area (Å²) in [5.41, 5.74) is 0. The van der Waals surface area contributed by atoms with Crippen molar-refractivity contribution >= 4 is 30.0 Å². The van der Waals surface area contributed by atoms with Crippen LogP contribution in [0.4, 0.5) is 0 Å². The topological polar surface area (TPSA) is 72.5 Å². The molecule has 1 N–H and O–H groups in total. The minimum Gasteiger partial charge on any atom is -0.471 e. The summed E-state index contributed by atoms with van der Waals surface area (Å²) in [6.45, 7) is 2.21. The zero-order valence-corrected chi connectivity index (χ0v) is 11.9. The molecule has 0 aliphatic rings. The number of carbonyl (C=O) groups excluding carboxylic acids is 3. The van der Waals surface area contributed by atoms with Crippen LogP contribution < -0.4 is 5.32 Å². The van der Waals surface area contributed by atoms with Crippen LogP contribution in [0.1, 0.15) is 26.2 Å². The molecule has 1 atom stereocenters. The van der Waals surface area contributed by atoms with Crippen molar-refractivity contribution in [2.75, 3.05) is 14.2 Å². The molecule has 0 aliphatic heterocycles. The first-order valence-corrected chi connectivity index (χ1v) is 5.97. The van der Waals surface area contributed by atoms with Gasteiger partial charge in [-0.3, -0.25) is 14.4 Å². The molecule has 0 bridgehead atoms. The molecule has 0 heterocycles. The fourth-order valence-corrected chi connectivity index (χ4v) is 1.19. The number of carbonyl (C=O) groups is 3. The number of methoxy groups -OCH3 is 1. The minimum atomic E-state index is -0.354. The largest absolute Gasteiger partial charge is 0.471 e. The van der Waals surface area contributed by atoms with Crippen molar-refractivity contribution in [3.63, 3.8) is 0 Å². The maximum absolute atomic E-state index is 11.3. The maximum Gasteiger partial charge on any atom is 0.292 e. The van der Waals surface area contributed by atoms with Gasteiger partial charge in [0, 0.05) is 13.0 Å². The average molecular weight is 275 g/mol. The molecule has 0 aromatic heterocycles. The highest BCUT2D eigenvalue weighted by Gasteiger charge is 2.13. The summed E-state index contributed by atoms with van der Waals surface area (Å²) in [6.07, 6.45) is 5.36. The van der Waals surface area contributed by atoms with Gasteiger partial charge in [0.15, 0.2) is 5.12 Å². The molecule has 0 fully saturated rings. The van der Waals surface area contributed by atoms with Gasteiger partial charge in [-0.25, -0.2) is 0 Å². The molecule has 0 rings (SSSR count). The zero-order valence-electron chi connectivity index (χ0n) is 11.0. The summed E-state index contributed by atoms with van der Waals surface area (Å²) in [6, 6.07) is 0. The van der Waals surface area contributed by atoms with Crippen molar-refractivity contribution in [3.8, 4) is 0 Å². The smallest absolute Gasteiger partial charge is 0.292 e. The van der Waals surface area contributed by atoms with Crippen LogP contribution in [-0.4, -0.2) is 31.5 Å². The summed E-state index contributed by atoms with van der Waals surface area (Å²) >= 11 is 3.57. The Morgan fingerprint density at radius 2 is 2.00 bits per heavy atom. The third kappa shape index (κ3) is 14.7. The molecule has 0 amide bonds. The summed E-state index contributed by atoms with van der Waals surface area (Å²) in [5.74, 6) is -0.0875. The second kappa shape index (κ2) is 13.8. The first-order valence-electron chi connectivity index (χ1n) is 5.52. The number of hydrogen-bond acceptors (Lipinski definition) is 5. The highest BCUT2D eigenvalue weighted by atomic mass is 32.1. The van der Waals surface area contributed by atoms with Crippen LogP contribution in [0.2, 0.25) is 0 Å². The van der Waals surface area contributed by atoms with E-state index in [1.165, 1.54) is 7.11 Å². The molecule has 6 heteroatoms. The Kier molecular flexibility index (Phi) is 14.6. The number of rotatable bonds is 8. The lowest BCUT2D eigenvalue weighted by Gasteiger charge is -2.06. The van der Waals surface area contributed by atoms with Crippen LogP contribution >= 0.6 is 12.6 Å². The normalized spacial score (nSPS) is 11.1. The minimum absolute atomic E-state index is 0.0251. The third-order valence-corrected chi connectivity index (χ3v) is 2.18. The lowest BCUT2D eigenvalue weighted by atomic mass is 9.99. The van der Waals surface area contributed by atoms with Crippen LogP contribution in [0, 0.1) is 5.92 Å². The third-order valence-electron chi connectivity index (χ3n) is 2.02. The van der Waals surface area contributed by atoms with E-state index in [4.69, 9.17) is 4.79 Å². The molecule has 0 unspecified atom stereocenters. The Morgan fingerprint density at radius 1 is 1.44 bits per heavy atom. The average Bonchev–Trinajstić information content (AvgIpc) is 2.33. The van der Waals surface area contributed by atoms with Gasteiger partial charge in [-0.1, -0.05) is 13.0 Å². The van der Waals surface area contributed by atoms with Crippen molar-refractivity contribution in [3.05, 3.63) is 12.3 Å². The molecule has 0 radical (unpaired) electrons. The number of thiol groups is 1. The van der Waals surface area contributed by atoms with Crippen molar-refractivity contribution in [2.24, 2.45) is 5.92 Å². The Balaban J connectivity index is 0. The van der Waals surface area contributed by atoms with E-state index in [1.807, 2.05) is 26.2 Å². The molecular formula is C12H21NO4S. The van der Waals surface area contributed by atoms with Crippen LogP contribution in [0.5, 0.6) is 0 Å². The molecular weight excluding hydrogens is 254 g/mol. The monoisotopic (exact) mass is 275 g/mol. The van der Waals surface area contributed by atoms with E-state index in [2.05, 4.69) is 22.7 Å². The van der Waals surface area contributed by atoms with Gasteiger partial charge in [-0.15, -0.1) is 12.6 Å². The van der Waals surface area contributed by atoms with Gasteiger partial charge in [-0.05, 0) is 19.0 Å². The van der Waals surface area contributed by atoms with Crippen LogP contribution in [-0.2, 0) is 19.1 Å². The van der Waals surface area contributed by atoms with Crippen molar-refractivity contribution in [2.45, 2.75) is 26.2 Å². The Hall–Kier alpha value is -1.30. The van der Waals surface area contributed by atoms with Crippen molar-refractivity contribution < 1.29 is 19.1 Å². The fourth-order valence-electron chi connectivity index (χ4n) is 1.03. The lowest BCUT2D eigenvalue weighted by Crippen LogP contribution is -2.13. The molecule has 0 aliphatic carbocycles. The summed E-state index contributed by atoms with van der Waals surface area (Å²) in [7, 11) is 3.14. The van der Waals surface area contributed by atoms with E-state index < -0.39 is 0 Å². The molecule has 0 aromatic rings.